The van der Waals surface area contributed by atoms with Gasteiger partial charge in [0, 0.05) is 17.3 Å². The van der Waals surface area contributed by atoms with Crippen LogP contribution in [-0.4, -0.2) is 11.5 Å². The first-order valence-electron chi connectivity index (χ1n) is 5.24. The molecule has 1 atom stereocenters. The Bertz CT molecular complexity index is 318. The van der Waals surface area contributed by atoms with Gasteiger partial charge >= 0.3 is 0 Å². The standard InChI is InChI=1S/C12H18N2/c1-11(2)9-12(11,6-7-13)10-5-3-4-8-14-10/h3-5,8H,6-7,9,13H2,1-2H3. The van der Waals surface area contributed by atoms with Crippen molar-refractivity contribution < 1.29 is 0 Å². The van der Waals surface area contributed by atoms with Crippen molar-refractivity contribution in [3.05, 3.63) is 30.1 Å². The summed E-state index contributed by atoms with van der Waals surface area (Å²) in [6, 6.07) is 6.16. The molecule has 1 fully saturated rings. The summed E-state index contributed by atoms with van der Waals surface area (Å²) >= 11 is 0. The lowest BCUT2D eigenvalue weighted by Crippen LogP contribution is -2.20. The van der Waals surface area contributed by atoms with E-state index in [1.807, 2.05) is 12.3 Å². The Morgan fingerprint density at radius 3 is 2.57 bits per heavy atom. The first-order chi connectivity index (χ1) is 6.62. The maximum absolute atomic E-state index is 5.69. The lowest BCUT2D eigenvalue weighted by molar-refractivity contribution is 0.462. The van der Waals surface area contributed by atoms with Crippen LogP contribution in [0.4, 0.5) is 0 Å². The van der Waals surface area contributed by atoms with Gasteiger partial charge in [-0.1, -0.05) is 19.9 Å². The Balaban J connectivity index is 2.31. The zero-order valence-corrected chi connectivity index (χ0v) is 8.96. The monoisotopic (exact) mass is 190 g/mol. The molecule has 2 rings (SSSR count). The van der Waals surface area contributed by atoms with E-state index in [-0.39, 0.29) is 5.41 Å². The molecule has 1 aromatic heterocycles. The van der Waals surface area contributed by atoms with E-state index in [1.165, 1.54) is 12.1 Å². The van der Waals surface area contributed by atoms with Crippen molar-refractivity contribution in [1.82, 2.24) is 4.98 Å². The average Bonchev–Trinajstić information content (AvgIpc) is 2.72. The van der Waals surface area contributed by atoms with Crippen molar-refractivity contribution in [2.24, 2.45) is 11.1 Å². The minimum absolute atomic E-state index is 0.253. The molecule has 14 heavy (non-hydrogen) atoms. The van der Waals surface area contributed by atoms with Crippen molar-refractivity contribution >= 4 is 0 Å². The molecule has 2 N–H and O–H groups in total. The van der Waals surface area contributed by atoms with Gasteiger partial charge in [0.2, 0.25) is 0 Å². The van der Waals surface area contributed by atoms with Crippen molar-refractivity contribution in [1.29, 1.82) is 0 Å². The van der Waals surface area contributed by atoms with E-state index >= 15 is 0 Å². The van der Waals surface area contributed by atoms with Crippen LogP contribution in [0, 0.1) is 5.41 Å². The van der Waals surface area contributed by atoms with Crippen molar-refractivity contribution in [3.8, 4) is 0 Å². The molecule has 1 aliphatic carbocycles. The van der Waals surface area contributed by atoms with E-state index in [2.05, 4.69) is 31.0 Å². The molecule has 1 heterocycles. The maximum Gasteiger partial charge on any atom is 0.0471 e. The van der Waals surface area contributed by atoms with Gasteiger partial charge in [-0.15, -0.1) is 0 Å². The zero-order valence-electron chi connectivity index (χ0n) is 8.96. The SMILES string of the molecule is CC1(C)CC1(CCN)c1ccccn1. The quantitative estimate of drug-likeness (QED) is 0.792. The summed E-state index contributed by atoms with van der Waals surface area (Å²) in [6.45, 7) is 5.36. The molecule has 0 aliphatic heterocycles. The molecule has 0 bridgehead atoms. The fourth-order valence-electron chi connectivity index (χ4n) is 2.59. The summed E-state index contributed by atoms with van der Waals surface area (Å²) in [5.41, 5.74) is 7.53. The lowest BCUT2D eigenvalue weighted by atomic mass is 9.88. The van der Waals surface area contributed by atoms with Gasteiger partial charge in [-0.25, -0.2) is 0 Å². The Morgan fingerprint density at radius 1 is 1.43 bits per heavy atom. The molecule has 0 aromatic carbocycles. The Hall–Kier alpha value is -0.890. The van der Waals surface area contributed by atoms with Gasteiger partial charge in [-0.05, 0) is 36.9 Å². The van der Waals surface area contributed by atoms with Gasteiger partial charge in [0.15, 0.2) is 0 Å². The van der Waals surface area contributed by atoms with Crippen LogP contribution in [0.1, 0.15) is 32.4 Å². The highest BCUT2D eigenvalue weighted by Crippen LogP contribution is 2.65. The van der Waals surface area contributed by atoms with Crippen LogP contribution in [-0.2, 0) is 5.41 Å². The second-order valence-electron chi connectivity index (χ2n) is 4.90. The van der Waals surface area contributed by atoms with Gasteiger partial charge in [0.1, 0.15) is 0 Å². The molecule has 1 aromatic rings. The number of nitrogens with zero attached hydrogens (tertiary/aromatic N) is 1. The van der Waals surface area contributed by atoms with Crippen LogP contribution >= 0.6 is 0 Å². The van der Waals surface area contributed by atoms with Crippen molar-refractivity contribution in [2.45, 2.75) is 32.1 Å². The number of aromatic nitrogens is 1. The molecule has 0 amide bonds. The van der Waals surface area contributed by atoms with Crippen LogP contribution in [0.25, 0.3) is 0 Å². The Morgan fingerprint density at radius 2 is 2.14 bits per heavy atom. The predicted molar refractivity (Wildman–Crippen MR) is 58.0 cm³/mol. The fourth-order valence-corrected chi connectivity index (χ4v) is 2.59. The highest BCUT2D eigenvalue weighted by molar-refractivity contribution is 5.31. The number of rotatable bonds is 3. The molecule has 1 unspecified atom stereocenters. The largest absolute Gasteiger partial charge is 0.330 e. The highest BCUT2D eigenvalue weighted by Gasteiger charge is 2.61. The third-order valence-corrected chi connectivity index (χ3v) is 3.64. The van der Waals surface area contributed by atoms with Crippen molar-refractivity contribution in [2.75, 3.05) is 6.54 Å². The number of nitrogens with two attached hydrogens (primary N) is 1. The van der Waals surface area contributed by atoms with Gasteiger partial charge in [0.05, 0.1) is 0 Å². The molecule has 76 valence electrons. The Labute approximate surface area is 85.5 Å². The Kier molecular flexibility index (Phi) is 2.11. The first-order valence-corrected chi connectivity index (χ1v) is 5.24. The summed E-state index contributed by atoms with van der Waals surface area (Å²) in [6.07, 6.45) is 4.15. The highest BCUT2D eigenvalue weighted by atomic mass is 14.8. The van der Waals surface area contributed by atoms with E-state index in [1.54, 1.807) is 0 Å². The maximum atomic E-state index is 5.69. The molecule has 1 saturated carbocycles. The van der Waals surface area contributed by atoms with Gasteiger partial charge in [-0.2, -0.15) is 0 Å². The fraction of sp³-hybridized carbons (Fsp3) is 0.583. The van der Waals surface area contributed by atoms with Gasteiger partial charge < -0.3 is 5.73 Å². The summed E-state index contributed by atoms with van der Waals surface area (Å²) in [5, 5.41) is 0. The molecule has 0 radical (unpaired) electrons. The van der Waals surface area contributed by atoms with Crippen LogP contribution in [0.2, 0.25) is 0 Å². The summed E-state index contributed by atoms with van der Waals surface area (Å²) < 4.78 is 0. The smallest absolute Gasteiger partial charge is 0.0471 e. The van der Waals surface area contributed by atoms with Crippen LogP contribution in [0.15, 0.2) is 24.4 Å². The second kappa shape index (κ2) is 3.06. The molecule has 0 saturated heterocycles. The summed E-state index contributed by atoms with van der Waals surface area (Å²) in [4.78, 5) is 4.47. The second-order valence-corrected chi connectivity index (χ2v) is 4.90. The van der Waals surface area contributed by atoms with E-state index in [0.717, 1.165) is 13.0 Å². The zero-order chi connectivity index (χ0) is 10.2. The average molecular weight is 190 g/mol. The molecule has 1 aliphatic rings. The molecular formula is C12H18N2. The predicted octanol–water partition coefficient (Wildman–Crippen LogP) is 2.10. The van der Waals surface area contributed by atoms with E-state index in [9.17, 15) is 0 Å². The van der Waals surface area contributed by atoms with Crippen molar-refractivity contribution in [3.63, 3.8) is 0 Å². The molecule has 2 nitrogen and oxygen atoms in total. The third kappa shape index (κ3) is 1.25. The normalized spacial score (nSPS) is 28.8. The topological polar surface area (TPSA) is 38.9 Å². The minimum atomic E-state index is 0.253. The third-order valence-electron chi connectivity index (χ3n) is 3.64. The van der Waals surface area contributed by atoms with Crippen LogP contribution in [0.5, 0.6) is 0 Å². The van der Waals surface area contributed by atoms with Crippen LogP contribution < -0.4 is 5.73 Å². The summed E-state index contributed by atoms with van der Waals surface area (Å²) in [5.74, 6) is 0. The van der Waals surface area contributed by atoms with E-state index in [4.69, 9.17) is 5.73 Å². The van der Waals surface area contributed by atoms with Gasteiger partial charge in [-0.3, -0.25) is 4.98 Å². The number of pyridine rings is 1. The lowest BCUT2D eigenvalue weighted by Gasteiger charge is -2.18. The van der Waals surface area contributed by atoms with Gasteiger partial charge in [0.25, 0.3) is 0 Å². The van der Waals surface area contributed by atoms with E-state index < -0.39 is 0 Å². The van der Waals surface area contributed by atoms with E-state index in [0.29, 0.717) is 5.41 Å². The van der Waals surface area contributed by atoms with Crippen LogP contribution in [0.3, 0.4) is 0 Å². The number of hydrogen-bond donors (Lipinski definition) is 1. The molecule has 0 spiro atoms. The first kappa shape index (κ1) is 9.66. The number of hydrogen-bond acceptors (Lipinski definition) is 2. The molecular weight excluding hydrogens is 172 g/mol. The summed E-state index contributed by atoms with van der Waals surface area (Å²) in [7, 11) is 0. The minimum Gasteiger partial charge on any atom is -0.330 e. The molecule has 2 heteroatoms.